The van der Waals surface area contributed by atoms with Gasteiger partial charge in [-0.2, -0.15) is 0 Å². The number of rotatable bonds is 4. The van der Waals surface area contributed by atoms with E-state index in [4.69, 9.17) is 4.74 Å². The van der Waals surface area contributed by atoms with Gasteiger partial charge in [0.05, 0.1) is 0 Å². The predicted molar refractivity (Wildman–Crippen MR) is 116 cm³/mol. The molecule has 150 valence electrons. The number of nitrogens with one attached hydrogen (secondary N) is 2. The summed E-state index contributed by atoms with van der Waals surface area (Å²) < 4.78 is 5.57. The zero-order valence-corrected chi connectivity index (χ0v) is 16.3. The minimum atomic E-state index is -0.497. The van der Waals surface area contributed by atoms with Gasteiger partial charge in [-0.3, -0.25) is 10.2 Å². The fourth-order valence-electron chi connectivity index (χ4n) is 4.20. The Labute approximate surface area is 174 Å². The maximum absolute atomic E-state index is 12.4. The maximum Gasteiger partial charge on any atom is 0.411 e. The van der Waals surface area contributed by atoms with Crippen LogP contribution in [-0.4, -0.2) is 31.8 Å². The number of hydrogen-bond acceptors (Lipinski definition) is 3. The first kappa shape index (κ1) is 18.2. The second-order valence-corrected chi connectivity index (χ2v) is 7.38. The lowest BCUT2D eigenvalue weighted by atomic mass is 9.98. The average Bonchev–Trinajstić information content (AvgIpc) is 3.34. The van der Waals surface area contributed by atoms with E-state index in [1.54, 1.807) is 17.0 Å². The minimum Gasteiger partial charge on any atom is -0.448 e. The van der Waals surface area contributed by atoms with Crippen LogP contribution in [-0.2, 0) is 4.74 Å². The molecule has 1 fully saturated rings. The Bertz CT molecular complexity index is 1070. The highest BCUT2D eigenvalue weighted by Gasteiger charge is 2.29. The van der Waals surface area contributed by atoms with Crippen molar-refractivity contribution in [2.75, 3.05) is 29.9 Å². The summed E-state index contributed by atoms with van der Waals surface area (Å²) >= 11 is 0. The monoisotopic (exact) mass is 399 g/mol. The van der Waals surface area contributed by atoms with Gasteiger partial charge in [0.25, 0.3) is 0 Å². The fourth-order valence-corrected chi connectivity index (χ4v) is 4.20. The van der Waals surface area contributed by atoms with Crippen molar-refractivity contribution < 1.29 is 14.3 Å². The van der Waals surface area contributed by atoms with Crippen molar-refractivity contribution in [1.29, 1.82) is 0 Å². The summed E-state index contributed by atoms with van der Waals surface area (Å²) in [7, 11) is 0. The Balaban J connectivity index is 1.24. The number of urea groups is 1. The first-order valence-electron chi connectivity index (χ1n) is 9.98. The van der Waals surface area contributed by atoms with Crippen LogP contribution in [0.4, 0.5) is 21.0 Å². The Morgan fingerprint density at radius 3 is 2.20 bits per heavy atom. The molecule has 2 N–H and O–H groups in total. The molecule has 1 heterocycles. The van der Waals surface area contributed by atoms with Crippen molar-refractivity contribution in [3.63, 3.8) is 0 Å². The van der Waals surface area contributed by atoms with Gasteiger partial charge in [-0.15, -0.1) is 0 Å². The largest absolute Gasteiger partial charge is 0.448 e. The molecule has 6 nitrogen and oxygen atoms in total. The van der Waals surface area contributed by atoms with Crippen LogP contribution in [0, 0.1) is 0 Å². The third kappa shape index (κ3) is 3.26. The van der Waals surface area contributed by atoms with Crippen molar-refractivity contribution in [3.8, 4) is 11.1 Å². The van der Waals surface area contributed by atoms with Gasteiger partial charge < -0.3 is 10.1 Å². The van der Waals surface area contributed by atoms with Gasteiger partial charge in [-0.25, -0.2) is 9.59 Å². The molecule has 1 saturated heterocycles. The fraction of sp³-hybridized carbons (Fsp3) is 0.167. The molecule has 30 heavy (non-hydrogen) atoms. The minimum absolute atomic E-state index is 0.0270. The van der Waals surface area contributed by atoms with E-state index in [0.29, 0.717) is 18.8 Å². The van der Waals surface area contributed by atoms with E-state index in [2.05, 4.69) is 34.9 Å². The van der Waals surface area contributed by atoms with Gasteiger partial charge in [0.1, 0.15) is 6.61 Å². The summed E-state index contributed by atoms with van der Waals surface area (Å²) in [5.74, 6) is 0.0270. The normalized spacial score (nSPS) is 14.8. The Morgan fingerprint density at radius 1 is 0.967 bits per heavy atom. The van der Waals surface area contributed by atoms with Gasteiger partial charge in [0.2, 0.25) is 0 Å². The number of carbonyl (C=O) groups excluding carboxylic acids is 2. The van der Waals surface area contributed by atoms with Crippen LogP contribution in [0.3, 0.4) is 0 Å². The van der Waals surface area contributed by atoms with Crippen LogP contribution in [0.2, 0.25) is 0 Å². The molecule has 6 heteroatoms. The maximum atomic E-state index is 12.4. The second kappa shape index (κ2) is 7.55. The molecule has 3 amide bonds. The molecule has 0 aromatic heterocycles. The van der Waals surface area contributed by atoms with Crippen molar-refractivity contribution in [3.05, 3.63) is 83.9 Å². The number of nitrogens with zero attached hydrogens (tertiary/aromatic N) is 1. The summed E-state index contributed by atoms with van der Waals surface area (Å²) in [5.41, 5.74) is 6.17. The number of anilines is 2. The van der Waals surface area contributed by atoms with E-state index < -0.39 is 6.09 Å². The molecule has 0 bridgehead atoms. The van der Waals surface area contributed by atoms with Crippen LogP contribution >= 0.6 is 0 Å². The molecule has 1 aliphatic heterocycles. The van der Waals surface area contributed by atoms with Crippen LogP contribution in [0.25, 0.3) is 11.1 Å². The molecule has 0 saturated carbocycles. The predicted octanol–water partition coefficient (Wildman–Crippen LogP) is 4.58. The molecular formula is C24H21N3O3. The summed E-state index contributed by atoms with van der Waals surface area (Å²) in [5, 5.41) is 5.53. The van der Waals surface area contributed by atoms with Gasteiger partial charge in [-0.05, 0) is 46.5 Å². The highest BCUT2D eigenvalue weighted by molar-refractivity contribution is 5.94. The topological polar surface area (TPSA) is 70.7 Å². The molecule has 0 atom stereocenters. The first-order chi connectivity index (χ1) is 14.7. The lowest BCUT2D eigenvalue weighted by Crippen LogP contribution is -2.27. The summed E-state index contributed by atoms with van der Waals surface area (Å²) in [6.45, 7) is 1.54. The highest BCUT2D eigenvalue weighted by atomic mass is 16.5. The molecule has 5 rings (SSSR count). The van der Waals surface area contributed by atoms with Crippen LogP contribution in [0.5, 0.6) is 0 Å². The SMILES string of the molecule is O=C(Nc1ccc(N2CCNC2=O)cc1)OCC1c2ccccc2-c2ccccc21. The highest BCUT2D eigenvalue weighted by Crippen LogP contribution is 2.44. The third-order valence-electron chi connectivity index (χ3n) is 5.63. The first-order valence-corrected chi connectivity index (χ1v) is 9.98. The smallest absolute Gasteiger partial charge is 0.411 e. The van der Waals surface area contributed by atoms with E-state index in [9.17, 15) is 9.59 Å². The molecular weight excluding hydrogens is 378 g/mol. The van der Waals surface area contributed by atoms with Crippen LogP contribution in [0.15, 0.2) is 72.8 Å². The van der Waals surface area contributed by atoms with Crippen LogP contribution < -0.4 is 15.5 Å². The van der Waals surface area contributed by atoms with Crippen molar-refractivity contribution in [1.82, 2.24) is 5.32 Å². The molecule has 0 radical (unpaired) electrons. The van der Waals surface area contributed by atoms with Crippen molar-refractivity contribution >= 4 is 23.5 Å². The van der Waals surface area contributed by atoms with Crippen molar-refractivity contribution in [2.24, 2.45) is 0 Å². The number of fused-ring (bicyclic) bond motifs is 3. The molecule has 2 aliphatic rings. The molecule has 1 aliphatic carbocycles. The molecule has 0 unspecified atom stereocenters. The van der Waals surface area contributed by atoms with Gasteiger partial charge in [0, 0.05) is 30.4 Å². The van der Waals surface area contributed by atoms with E-state index in [1.165, 1.54) is 22.3 Å². The zero-order chi connectivity index (χ0) is 20.5. The standard InChI is InChI=1S/C24H21N3O3/c28-23-25-13-14-27(23)17-11-9-16(10-12-17)26-24(29)30-15-22-20-7-3-1-5-18(20)19-6-2-4-8-21(19)22/h1-12,22H,13-15H2,(H,25,28)(H,26,29). The van der Waals surface area contributed by atoms with Gasteiger partial charge >= 0.3 is 12.1 Å². The number of carbonyl (C=O) groups is 2. The quantitative estimate of drug-likeness (QED) is 0.675. The number of ether oxygens (including phenoxy) is 1. The molecule has 3 aromatic rings. The summed E-state index contributed by atoms with van der Waals surface area (Å²) in [6, 6.07) is 23.5. The third-order valence-corrected chi connectivity index (χ3v) is 5.63. The zero-order valence-electron chi connectivity index (χ0n) is 16.3. The van der Waals surface area contributed by atoms with Gasteiger partial charge in [0.15, 0.2) is 0 Å². The number of amides is 3. The molecule has 3 aromatic carbocycles. The Kier molecular flexibility index (Phi) is 4.59. The van der Waals surface area contributed by atoms with E-state index in [-0.39, 0.29) is 18.6 Å². The molecule has 0 spiro atoms. The van der Waals surface area contributed by atoms with E-state index in [1.807, 2.05) is 36.4 Å². The van der Waals surface area contributed by atoms with Crippen LogP contribution in [0.1, 0.15) is 17.0 Å². The van der Waals surface area contributed by atoms with Gasteiger partial charge in [-0.1, -0.05) is 48.5 Å². The number of benzene rings is 3. The Morgan fingerprint density at radius 2 is 1.60 bits per heavy atom. The Hall–Kier alpha value is -3.80. The lowest BCUT2D eigenvalue weighted by Gasteiger charge is -2.16. The van der Waals surface area contributed by atoms with E-state index in [0.717, 1.165) is 5.69 Å². The second-order valence-electron chi connectivity index (χ2n) is 7.38. The number of hydrogen-bond donors (Lipinski definition) is 2. The van der Waals surface area contributed by atoms with E-state index >= 15 is 0 Å². The average molecular weight is 399 g/mol. The summed E-state index contributed by atoms with van der Waals surface area (Å²) in [6.07, 6.45) is -0.497. The lowest BCUT2D eigenvalue weighted by molar-refractivity contribution is 0.158. The van der Waals surface area contributed by atoms with Crippen molar-refractivity contribution in [2.45, 2.75) is 5.92 Å². The summed E-state index contributed by atoms with van der Waals surface area (Å²) in [4.78, 5) is 25.8.